The maximum atomic E-state index is 13.6. The molecule has 0 spiro atoms. The number of hydrogen-bond donors (Lipinski definition) is 3. The van der Waals surface area contributed by atoms with E-state index in [1.54, 1.807) is 12.1 Å². The van der Waals surface area contributed by atoms with E-state index >= 15 is 0 Å². The van der Waals surface area contributed by atoms with Crippen molar-refractivity contribution >= 4 is 11.6 Å². The molecule has 2 aromatic carbocycles. The molecule has 0 bridgehead atoms. The predicted octanol–water partition coefficient (Wildman–Crippen LogP) is 3.94. The molecule has 38 heavy (non-hydrogen) atoms. The molecule has 0 fully saturated rings. The minimum absolute atomic E-state index is 0.0887. The Morgan fingerprint density at radius 2 is 1.55 bits per heavy atom. The average Bonchev–Trinajstić information content (AvgIpc) is 2.86. The number of rotatable bonds is 5. The molecular weight excluding hydrogens is 507 g/mol. The first-order valence-electron chi connectivity index (χ1n) is 11.6. The van der Waals surface area contributed by atoms with Gasteiger partial charge < -0.3 is 19.5 Å². The van der Waals surface area contributed by atoms with Crippen LogP contribution in [-0.2, 0) is 4.79 Å². The van der Waals surface area contributed by atoms with Gasteiger partial charge >= 0.3 is 12.1 Å². The summed E-state index contributed by atoms with van der Waals surface area (Å²) in [7, 11) is 3.03. The third kappa shape index (κ3) is 4.64. The van der Waals surface area contributed by atoms with Crippen molar-refractivity contribution in [2.45, 2.75) is 31.0 Å². The van der Waals surface area contributed by atoms with E-state index in [-0.39, 0.29) is 29.5 Å². The first-order valence-corrected chi connectivity index (χ1v) is 11.6. The fourth-order valence-electron chi connectivity index (χ4n) is 5.09. The lowest BCUT2D eigenvalue weighted by Crippen LogP contribution is -2.37. The number of halogens is 3. The number of methoxy groups -OCH3 is 2. The average molecular weight is 529 g/mol. The van der Waals surface area contributed by atoms with Crippen molar-refractivity contribution in [1.82, 2.24) is 9.97 Å². The van der Waals surface area contributed by atoms with Gasteiger partial charge in [-0.3, -0.25) is 19.6 Å². The lowest BCUT2D eigenvalue weighted by molar-refractivity contribution is -0.274. The number of anilines is 1. The highest BCUT2D eigenvalue weighted by Crippen LogP contribution is 2.47. The van der Waals surface area contributed by atoms with Gasteiger partial charge in [0.2, 0.25) is 0 Å². The van der Waals surface area contributed by atoms with Crippen molar-refractivity contribution < 1.29 is 32.2 Å². The highest BCUT2D eigenvalue weighted by atomic mass is 19.4. The summed E-state index contributed by atoms with van der Waals surface area (Å²) in [5.41, 5.74) is 0.692. The summed E-state index contributed by atoms with van der Waals surface area (Å²) in [4.78, 5) is 43.3. The fourth-order valence-corrected chi connectivity index (χ4v) is 5.09. The Morgan fingerprint density at radius 3 is 2.21 bits per heavy atom. The van der Waals surface area contributed by atoms with Crippen LogP contribution < -0.4 is 30.8 Å². The number of ketones is 1. The molecule has 1 aliphatic heterocycles. The van der Waals surface area contributed by atoms with Crippen LogP contribution in [0.25, 0.3) is 0 Å². The molecule has 0 amide bonds. The first-order chi connectivity index (χ1) is 18.1. The molecule has 0 saturated carbocycles. The summed E-state index contributed by atoms with van der Waals surface area (Å²) < 4.78 is 52.6. The standard InChI is InChI=1S/C26H22F3N3O6/c1-36-18-8-5-13(11-19(18)37-2)14-9-16-21(17(33)10-14)20(22-23(30-16)31-25(35)32-24(22)34)12-3-6-15(7-4-12)38-26(27,28)29/h3-8,11,14,20H,9-10H2,1-2H3,(H3,30,31,32,34,35)/t14-,20-/m1/s1. The minimum Gasteiger partial charge on any atom is -0.493 e. The van der Waals surface area contributed by atoms with Crippen molar-refractivity contribution in [2.75, 3.05) is 19.5 Å². The number of fused-ring (bicyclic) bond motifs is 1. The smallest absolute Gasteiger partial charge is 0.493 e. The number of aromatic nitrogens is 2. The topological polar surface area (TPSA) is 123 Å². The number of hydrogen-bond acceptors (Lipinski definition) is 7. The molecule has 0 unspecified atom stereocenters. The fraction of sp³-hybridized carbons (Fsp3) is 0.269. The molecular formula is C26H22F3N3O6. The van der Waals surface area contributed by atoms with Crippen LogP contribution >= 0.6 is 0 Å². The second-order valence-electron chi connectivity index (χ2n) is 8.91. The molecule has 12 heteroatoms. The summed E-state index contributed by atoms with van der Waals surface area (Å²) in [5.74, 6) is -0.669. The van der Waals surface area contributed by atoms with Crippen LogP contribution in [0, 0.1) is 0 Å². The number of H-pyrrole nitrogens is 2. The van der Waals surface area contributed by atoms with Gasteiger partial charge in [-0.2, -0.15) is 0 Å². The largest absolute Gasteiger partial charge is 0.573 e. The SMILES string of the molecule is COc1ccc([C@H]2CC(=O)C3=C(C2)Nc2[nH]c(=O)[nH]c(=O)c2[C@@H]3c2ccc(OC(F)(F)F)cc2)cc1OC. The van der Waals surface area contributed by atoms with Crippen molar-refractivity contribution in [2.24, 2.45) is 0 Å². The zero-order valence-corrected chi connectivity index (χ0v) is 20.2. The number of carbonyl (C=O) groups is 1. The highest BCUT2D eigenvalue weighted by Gasteiger charge is 2.40. The van der Waals surface area contributed by atoms with Gasteiger partial charge in [-0.1, -0.05) is 18.2 Å². The summed E-state index contributed by atoms with van der Waals surface area (Å²) in [6.07, 6.45) is -4.37. The molecule has 5 rings (SSSR count). The van der Waals surface area contributed by atoms with Crippen LogP contribution in [0.1, 0.15) is 41.4 Å². The van der Waals surface area contributed by atoms with Gasteiger partial charge in [0.05, 0.1) is 19.8 Å². The Kier molecular flexibility index (Phi) is 6.25. The zero-order valence-electron chi connectivity index (χ0n) is 20.2. The van der Waals surface area contributed by atoms with Gasteiger partial charge in [0, 0.05) is 23.6 Å². The molecule has 0 saturated heterocycles. The number of carbonyl (C=O) groups excluding carboxylic acids is 1. The molecule has 3 aromatic rings. The summed E-state index contributed by atoms with van der Waals surface area (Å²) in [6.45, 7) is 0. The van der Waals surface area contributed by atoms with E-state index in [1.807, 2.05) is 6.07 Å². The van der Waals surface area contributed by atoms with E-state index in [2.05, 4.69) is 20.0 Å². The summed E-state index contributed by atoms with van der Waals surface area (Å²) >= 11 is 0. The zero-order chi connectivity index (χ0) is 27.2. The van der Waals surface area contributed by atoms with Crippen molar-refractivity contribution in [3.63, 3.8) is 0 Å². The van der Waals surface area contributed by atoms with Gasteiger partial charge in [0.1, 0.15) is 11.6 Å². The second kappa shape index (κ2) is 9.43. The monoisotopic (exact) mass is 529 g/mol. The Labute approximate surface area is 213 Å². The molecule has 3 N–H and O–H groups in total. The van der Waals surface area contributed by atoms with E-state index in [1.165, 1.54) is 26.4 Å². The van der Waals surface area contributed by atoms with Gasteiger partial charge in [-0.15, -0.1) is 13.2 Å². The van der Waals surface area contributed by atoms with E-state index in [9.17, 15) is 27.6 Å². The van der Waals surface area contributed by atoms with Crippen LogP contribution in [0.3, 0.4) is 0 Å². The maximum Gasteiger partial charge on any atom is 0.573 e. The molecule has 0 radical (unpaired) electrons. The van der Waals surface area contributed by atoms with Crippen LogP contribution in [0.5, 0.6) is 17.2 Å². The number of aromatic amines is 2. The molecule has 1 aliphatic carbocycles. The number of alkyl halides is 3. The Bertz CT molecular complexity index is 1560. The minimum atomic E-state index is -4.87. The number of ether oxygens (including phenoxy) is 3. The Hall–Kier alpha value is -4.48. The third-order valence-corrected chi connectivity index (χ3v) is 6.67. The van der Waals surface area contributed by atoms with E-state index in [4.69, 9.17) is 9.47 Å². The maximum absolute atomic E-state index is 13.6. The first kappa shape index (κ1) is 25.2. The van der Waals surface area contributed by atoms with E-state index in [0.717, 1.165) is 17.7 Å². The molecule has 9 nitrogen and oxygen atoms in total. The van der Waals surface area contributed by atoms with Crippen LogP contribution in [0.15, 0.2) is 63.3 Å². The molecule has 2 aliphatic rings. The second-order valence-corrected chi connectivity index (χ2v) is 8.91. The Morgan fingerprint density at radius 1 is 0.868 bits per heavy atom. The number of allylic oxidation sites excluding steroid dienone is 2. The molecule has 2 heterocycles. The van der Waals surface area contributed by atoms with Gasteiger partial charge in [-0.05, 0) is 47.7 Å². The van der Waals surface area contributed by atoms with Crippen LogP contribution in [0.2, 0.25) is 0 Å². The molecule has 1 aromatic heterocycles. The van der Waals surface area contributed by atoms with Crippen LogP contribution in [-0.4, -0.2) is 36.3 Å². The Balaban J connectivity index is 1.59. The van der Waals surface area contributed by atoms with Crippen molar-refractivity contribution in [3.05, 3.63) is 91.3 Å². The van der Waals surface area contributed by atoms with Gasteiger partial charge in [-0.25, -0.2) is 4.79 Å². The summed E-state index contributed by atoms with van der Waals surface area (Å²) in [5, 5.41) is 3.06. The van der Waals surface area contributed by atoms with Crippen LogP contribution in [0.4, 0.5) is 19.0 Å². The quantitative estimate of drug-likeness (QED) is 0.458. The predicted molar refractivity (Wildman–Crippen MR) is 130 cm³/mol. The number of Topliss-reactive ketones (excluding diaryl/α,β-unsaturated/α-hetero) is 1. The summed E-state index contributed by atoms with van der Waals surface area (Å²) in [6, 6.07) is 10.3. The number of benzene rings is 2. The van der Waals surface area contributed by atoms with Crippen molar-refractivity contribution in [1.29, 1.82) is 0 Å². The normalized spacial score (nSPS) is 18.8. The van der Waals surface area contributed by atoms with Crippen molar-refractivity contribution in [3.8, 4) is 17.2 Å². The van der Waals surface area contributed by atoms with E-state index in [0.29, 0.717) is 34.8 Å². The van der Waals surface area contributed by atoms with E-state index < -0.39 is 29.3 Å². The third-order valence-electron chi connectivity index (χ3n) is 6.67. The molecule has 198 valence electrons. The van der Waals surface area contributed by atoms with Gasteiger partial charge in [0.15, 0.2) is 17.3 Å². The van der Waals surface area contributed by atoms with Gasteiger partial charge in [0.25, 0.3) is 5.56 Å². The lowest BCUT2D eigenvalue weighted by Gasteiger charge is -2.35. The lowest BCUT2D eigenvalue weighted by atomic mass is 9.72. The number of nitrogens with one attached hydrogen (secondary N) is 3. The molecule has 2 atom stereocenters. The highest BCUT2D eigenvalue weighted by molar-refractivity contribution is 6.01.